The number of benzene rings is 1. The van der Waals surface area contributed by atoms with Crippen LogP contribution in [0.5, 0.6) is 5.88 Å². The molecule has 0 saturated carbocycles. The Hall–Kier alpha value is -2.67. The van der Waals surface area contributed by atoms with Gasteiger partial charge in [-0.1, -0.05) is 18.2 Å². The number of pyridine rings is 1. The van der Waals surface area contributed by atoms with Crippen molar-refractivity contribution in [2.75, 3.05) is 20.2 Å². The molecule has 1 aromatic heterocycles. The number of rotatable bonds is 5. The highest BCUT2D eigenvalue weighted by atomic mass is 16.5. The standard InChI is InChI=1S/C19H23N3O4/c1-26-18-10-13(14-6-2-3-7-15(14)21-18)11-20-17(24)12-22-9-5-4-8-16(23)19(22)25/h2-3,6-7,10,16,23H,4-5,8-9,11-12H2,1H3,(H,20,24). The van der Waals surface area contributed by atoms with Gasteiger partial charge < -0.3 is 20.1 Å². The van der Waals surface area contributed by atoms with Crippen LogP contribution >= 0.6 is 0 Å². The van der Waals surface area contributed by atoms with E-state index in [1.165, 1.54) is 4.90 Å². The first-order valence-electron chi connectivity index (χ1n) is 8.74. The number of para-hydroxylation sites is 1. The summed E-state index contributed by atoms with van der Waals surface area (Å²) >= 11 is 0. The molecular formula is C19H23N3O4. The molecule has 1 aliphatic heterocycles. The maximum absolute atomic E-state index is 12.3. The van der Waals surface area contributed by atoms with Crippen molar-refractivity contribution in [3.8, 4) is 5.88 Å². The first-order chi connectivity index (χ1) is 12.6. The van der Waals surface area contributed by atoms with Gasteiger partial charge in [0.2, 0.25) is 11.8 Å². The molecule has 0 radical (unpaired) electrons. The van der Waals surface area contributed by atoms with Crippen LogP contribution in [0.4, 0.5) is 0 Å². The summed E-state index contributed by atoms with van der Waals surface area (Å²) in [7, 11) is 1.55. The molecule has 1 fully saturated rings. The SMILES string of the molecule is COc1cc(CNC(=O)CN2CCCCC(O)C2=O)c2ccccc2n1. The average molecular weight is 357 g/mol. The number of aliphatic hydroxyl groups excluding tert-OH is 1. The molecule has 2 aromatic rings. The van der Waals surface area contributed by atoms with Crippen molar-refractivity contribution >= 4 is 22.7 Å². The number of nitrogens with one attached hydrogen (secondary N) is 1. The Labute approximate surface area is 152 Å². The van der Waals surface area contributed by atoms with Crippen LogP contribution in [0.1, 0.15) is 24.8 Å². The molecule has 1 saturated heterocycles. The Kier molecular flexibility index (Phi) is 5.68. The van der Waals surface area contributed by atoms with Crippen LogP contribution in [0.25, 0.3) is 10.9 Å². The number of aliphatic hydroxyl groups is 1. The molecule has 2 amide bonds. The third-order valence-corrected chi connectivity index (χ3v) is 4.55. The molecule has 1 unspecified atom stereocenters. The van der Waals surface area contributed by atoms with Gasteiger partial charge in [0.15, 0.2) is 0 Å². The van der Waals surface area contributed by atoms with Crippen LogP contribution in [-0.2, 0) is 16.1 Å². The highest BCUT2D eigenvalue weighted by Gasteiger charge is 2.26. The van der Waals surface area contributed by atoms with Crippen LogP contribution in [0.3, 0.4) is 0 Å². The fraction of sp³-hybridized carbons (Fsp3) is 0.421. The molecule has 0 spiro atoms. The number of aromatic nitrogens is 1. The first kappa shape index (κ1) is 18.1. The topological polar surface area (TPSA) is 91.8 Å². The molecular weight excluding hydrogens is 334 g/mol. The molecule has 0 bridgehead atoms. The Morgan fingerprint density at radius 1 is 1.38 bits per heavy atom. The van der Waals surface area contributed by atoms with Crippen molar-refractivity contribution in [2.45, 2.75) is 31.9 Å². The van der Waals surface area contributed by atoms with Gasteiger partial charge in [-0.25, -0.2) is 4.98 Å². The predicted molar refractivity (Wildman–Crippen MR) is 96.6 cm³/mol. The lowest BCUT2D eigenvalue weighted by molar-refractivity contribution is -0.142. The van der Waals surface area contributed by atoms with Crippen LogP contribution in [0.15, 0.2) is 30.3 Å². The number of hydrogen-bond donors (Lipinski definition) is 2. The van der Waals surface area contributed by atoms with Gasteiger partial charge in [0.05, 0.1) is 19.2 Å². The predicted octanol–water partition coefficient (Wildman–Crippen LogP) is 1.23. The summed E-state index contributed by atoms with van der Waals surface area (Å²) in [5, 5.41) is 13.6. The highest BCUT2D eigenvalue weighted by Crippen LogP contribution is 2.21. The number of carbonyl (C=O) groups is 2. The van der Waals surface area contributed by atoms with E-state index in [4.69, 9.17) is 4.74 Å². The molecule has 1 aromatic carbocycles. The zero-order chi connectivity index (χ0) is 18.5. The molecule has 7 heteroatoms. The number of methoxy groups -OCH3 is 1. The maximum Gasteiger partial charge on any atom is 0.251 e. The molecule has 2 heterocycles. The van der Waals surface area contributed by atoms with E-state index in [-0.39, 0.29) is 18.4 Å². The fourth-order valence-corrected chi connectivity index (χ4v) is 3.14. The van der Waals surface area contributed by atoms with Crippen molar-refractivity contribution < 1.29 is 19.4 Å². The number of amides is 2. The molecule has 1 atom stereocenters. The zero-order valence-electron chi connectivity index (χ0n) is 14.8. The lowest BCUT2D eigenvalue weighted by Gasteiger charge is -2.21. The summed E-state index contributed by atoms with van der Waals surface area (Å²) in [4.78, 5) is 30.2. The Bertz CT molecular complexity index is 808. The first-order valence-corrected chi connectivity index (χ1v) is 8.74. The number of carbonyl (C=O) groups excluding carboxylic acids is 2. The normalized spacial score (nSPS) is 17.8. The van der Waals surface area contributed by atoms with Gasteiger partial charge in [0.1, 0.15) is 6.10 Å². The largest absolute Gasteiger partial charge is 0.481 e. The van der Waals surface area contributed by atoms with E-state index in [9.17, 15) is 14.7 Å². The average Bonchev–Trinajstić information content (AvgIpc) is 2.81. The van der Waals surface area contributed by atoms with E-state index >= 15 is 0 Å². The van der Waals surface area contributed by atoms with E-state index < -0.39 is 6.10 Å². The van der Waals surface area contributed by atoms with Crippen molar-refractivity contribution in [2.24, 2.45) is 0 Å². The van der Waals surface area contributed by atoms with Crippen LogP contribution in [-0.4, -0.2) is 53.1 Å². The van der Waals surface area contributed by atoms with Crippen molar-refractivity contribution in [1.29, 1.82) is 0 Å². The second-order valence-corrected chi connectivity index (χ2v) is 6.39. The molecule has 138 valence electrons. The van der Waals surface area contributed by atoms with Gasteiger partial charge in [-0.05, 0) is 30.9 Å². The molecule has 1 aliphatic rings. The number of hydrogen-bond acceptors (Lipinski definition) is 5. The van der Waals surface area contributed by atoms with E-state index in [1.54, 1.807) is 13.2 Å². The minimum Gasteiger partial charge on any atom is -0.481 e. The Balaban J connectivity index is 1.68. The van der Waals surface area contributed by atoms with Crippen LogP contribution in [0, 0.1) is 0 Å². The Morgan fingerprint density at radius 2 is 2.19 bits per heavy atom. The van der Waals surface area contributed by atoms with E-state index in [0.29, 0.717) is 25.4 Å². The monoisotopic (exact) mass is 357 g/mol. The van der Waals surface area contributed by atoms with Gasteiger partial charge >= 0.3 is 0 Å². The number of nitrogens with zero attached hydrogens (tertiary/aromatic N) is 2. The number of fused-ring (bicyclic) bond motifs is 1. The molecule has 3 rings (SSSR count). The van der Waals surface area contributed by atoms with Crippen molar-refractivity contribution in [3.63, 3.8) is 0 Å². The number of likely N-dealkylation sites (tertiary alicyclic amines) is 1. The maximum atomic E-state index is 12.3. The third kappa shape index (κ3) is 4.11. The highest BCUT2D eigenvalue weighted by molar-refractivity contribution is 5.87. The summed E-state index contributed by atoms with van der Waals surface area (Å²) in [6.07, 6.45) is 1.04. The molecule has 26 heavy (non-hydrogen) atoms. The van der Waals surface area contributed by atoms with E-state index in [1.807, 2.05) is 24.3 Å². The van der Waals surface area contributed by atoms with Gasteiger partial charge in [-0.15, -0.1) is 0 Å². The van der Waals surface area contributed by atoms with E-state index in [0.717, 1.165) is 29.3 Å². The van der Waals surface area contributed by atoms with Gasteiger partial charge in [0, 0.05) is 24.5 Å². The second kappa shape index (κ2) is 8.14. The number of ether oxygens (including phenoxy) is 1. The molecule has 2 N–H and O–H groups in total. The minimum absolute atomic E-state index is 0.0456. The van der Waals surface area contributed by atoms with Crippen LogP contribution < -0.4 is 10.1 Å². The van der Waals surface area contributed by atoms with Crippen LogP contribution in [0.2, 0.25) is 0 Å². The summed E-state index contributed by atoms with van der Waals surface area (Å²) in [6.45, 7) is 0.758. The molecule has 7 nitrogen and oxygen atoms in total. The fourth-order valence-electron chi connectivity index (χ4n) is 3.14. The minimum atomic E-state index is -1.00. The van der Waals surface area contributed by atoms with Gasteiger partial charge in [-0.2, -0.15) is 0 Å². The second-order valence-electron chi connectivity index (χ2n) is 6.39. The lowest BCUT2D eigenvalue weighted by Crippen LogP contribution is -2.44. The summed E-state index contributed by atoms with van der Waals surface area (Å²) in [6, 6.07) is 9.44. The smallest absolute Gasteiger partial charge is 0.251 e. The molecule has 0 aliphatic carbocycles. The lowest BCUT2D eigenvalue weighted by atomic mass is 10.1. The van der Waals surface area contributed by atoms with Crippen molar-refractivity contribution in [3.05, 3.63) is 35.9 Å². The van der Waals surface area contributed by atoms with Gasteiger partial charge in [-0.3, -0.25) is 9.59 Å². The summed E-state index contributed by atoms with van der Waals surface area (Å²) in [5.41, 5.74) is 1.69. The summed E-state index contributed by atoms with van der Waals surface area (Å²) in [5.74, 6) is -0.139. The quantitative estimate of drug-likeness (QED) is 0.840. The van der Waals surface area contributed by atoms with Gasteiger partial charge in [0.25, 0.3) is 5.91 Å². The summed E-state index contributed by atoms with van der Waals surface area (Å²) < 4.78 is 5.23. The zero-order valence-corrected chi connectivity index (χ0v) is 14.8. The third-order valence-electron chi connectivity index (χ3n) is 4.55. The van der Waals surface area contributed by atoms with Crippen molar-refractivity contribution in [1.82, 2.24) is 15.2 Å². The van der Waals surface area contributed by atoms with E-state index in [2.05, 4.69) is 10.3 Å². The Morgan fingerprint density at radius 3 is 3.00 bits per heavy atom.